The van der Waals surface area contributed by atoms with Crippen molar-refractivity contribution in [2.24, 2.45) is 5.92 Å². The average molecular weight is 461 g/mol. The van der Waals surface area contributed by atoms with Gasteiger partial charge in [0.05, 0.1) is 11.4 Å². The zero-order valence-electron chi connectivity index (χ0n) is 19.0. The standard InChI is InChI=1S/C26H26F2N6/c1-29-9-8-18-12-32(15-23(18)28)22-6-7-24-20(10-22)14-33-13-19(17-2-4-21(27)5-3-17)11-25(33)26-30-16-31-34(24)26/h2-7,10-11,13,16,18,23,29H,8-9,12,14-15H2,1H3/t18-,23+/m0/s1. The van der Waals surface area contributed by atoms with Gasteiger partial charge in [-0.2, -0.15) is 5.10 Å². The van der Waals surface area contributed by atoms with Gasteiger partial charge in [0.2, 0.25) is 0 Å². The Bertz CT molecular complexity index is 1330. The molecule has 0 unspecified atom stereocenters. The van der Waals surface area contributed by atoms with E-state index in [-0.39, 0.29) is 11.7 Å². The summed E-state index contributed by atoms with van der Waals surface area (Å²) in [7, 11) is 1.90. The van der Waals surface area contributed by atoms with Gasteiger partial charge in [-0.3, -0.25) is 0 Å². The van der Waals surface area contributed by atoms with Crippen LogP contribution in [0.5, 0.6) is 0 Å². The fraction of sp³-hybridized carbons (Fsp3) is 0.308. The van der Waals surface area contributed by atoms with Crippen LogP contribution in [-0.4, -0.2) is 52.2 Å². The van der Waals surface area contributed by atoms with Crippen molar-refractivity contribution in [2.45, 2.75) is 19.1 Å². The van der Waals surface area contributed by atoms with Crippen molar-refractivity contribution < 1.29 is 8.78 Å². The molecule has 0 radical (unpaired) electrons. The molecule has 34 heavy (non-hydrogen) atoms. The summed E-state index contributed by atoms with van der Waals surface area (Å²) in [6, 6.07) is 14.9. The second kappa shape index (κ2) is 8.36. The van der Waals surface area contributed by atoms with Crippen molar-refractivity contribution in [1.29, 1.82) is 0 Å². The van der Waals surface area contributed by atoms with E-state index < -0.39 is 6.17 Å². The van der Waals surface area contributed by atoms with Crippen molar-refractivity contribution >= 4 is 5.69 Å². The van der Waals surface area contributed by atoms with Crippen molar-refractivity contribution in [2.75, 3.05) is 31.6 Å². The number of alkyl halides is 1. The Balaban J connectivity index is 1.36. The van der Waals surface area contributed by atoms with Crippen molar-refractivity contribution in [3.63, 3.8) is 0 Å². The number of nitrogens with zero attached hydrogens (tertiary/aromatic N) is 5. The molecule has 2 aromatic carbocycles. The molecule has 1 N–H and O–H groups in total. The molecule has 0 saturated carbocycles. The Labute approximate surface area is 196 Å². The summed E-state index contributed by atoms with van der Waals surface area (Å²) < 4.78 is 32.1. The number of rotatable bonds is 5. The predicted octanol–water partition coefficient (Wildman–Crippen LogP) is 4.29. The molecule has 2 aliphatic rings. The van der Waals surface area contributed by atoms with E-state index in [1.807, 2.05) is 11.7 Å². The topological polar surface area (TPSA) is 50.9 Å². The zero-order valence-corrected chi connectivity index (χ0v) is 19.0. The fourth-order valence-electron chi connectivity index (χ4n) is 5.15. The van der Waals surface area contributed by atoms with Crippen LogP contribution in [-0.2, 0) is 6.54 Å². The molecule has 1 fully saturated rings. The summed E-state index contributed by atoms with van der Waals surface area (Å²) in [5.74, 6) is 0.552. The van der Waals surface area contributed by atoms with Gasteiger partial charge >= 0.3 is 0 Å². The number of nitrogens with one attached hydrogen (secondary N) is 1. The third-order valence-corrected chi connectivity index (χ3v) is 6.97. The first kappa shape index (κ1) is 21.0. The summed E-state index contributed by atoms with van der Waals surface area (Å²) >= 11 is 0. The molecule has 0 aliphatic carbocycles. The lowest BCUT2D eigenvalue weighted by molar-refractivity contribution is 0.272. The van der Waals surface area contributed by atoms with Crippen molar-refractivity contribution in [3.05, 3.63) is 72.4 Å². The summed E-state index contributed by atoms with van der Waals surface area (Å²) in [4.78, 5) is 6.68. The quantitative estimate of drug-likeness (QED) is 0.425. The van der Waals surface area contributed by atoms with Gasteiger partial charge in [-0.05, 0) is 67.5 Å². The molecule has 2 atom stereocenters. The molecular weight excluding hydrogens is 434 g/mol. The first-order valence-electron chi connectivity index (χ1n) is 11.6. The van der Waals surface area contributed by atoms with Gasteiger partial charge in [0.1, 0.15) is 18.3 Å². The fourth-order valence-corrected chi connectivity index (χ4v) is 5.15. The Morgan fingerprint density at radius 3 is 2.74 bits per heavy atom. The minimum absolute atomic E-state index is 0.0440. The molecule has 0 bridgehead atoms. The van der Waals surface area contributed by atoms with Crippen LogP contribution in [0.25, 0.3) is 28.3 Å². The molecule has 0 amide bonds. The molecule has 174 valence electrons. The maximum Gasteiger partial charge on any atom is 0.179 e. The van der Waals surface area contributed by atoms with Gasteiger partial charge in [-0.25, -0.2) is 18.4 Å². The third kappa shape index (κ3) is 3.58. The van der Waals surface area contributed by atoms with Crippen LogP contribution >= 0.6 is 0 Å². The molecule has 8 heteroatoms. The summed E-state index contributed by atoms with van der Waals surface area (Å²) in [5.41, 5.74) is 6.00. The van der Waals surface area contributed by atoms with Crippen LogP contribution in [0.3, 0.4) is 0 Å². The average Bonchev–Trinajstić information content (AvgIpc) is 3.55. The molecule has 2 aliphatic heterocycles. The van der Waals surface area contributed by atoms with E-state index in [1.54, 1.807) is 18.5 Å². The monoisotopic (exact) mass is 460 g/mol. The zero-order chi connectivity index (χ0) is 23.2. The van der Waals surface area contributed by atoms with Gasteiger partial charge in [-0.15, -0.1) is 0 Å². The Kier molecular flexibility index (Phi) is 5.17. The first-order valence-corrected chi connectivity index (χ1v) is 11.6. The minimum atomic E-state index is -0.816. The summed E-state index contributed by atoms with van der Waals surface area (Å²) in [6.45, 7) is 2.61. The maximum atomic E-state index is 14.7. The van der Waals surface area contributed by atoms with Crippen LogP contribution < -0.4 is 10.2 Å². The first-order chi connectivity index (χ1) is 16.6. The Hall–Kier alpha value is -3.52. The highest BCUT2D eigenvalue weighted by Gasteiger charge is 2.33. The lowest BCUT2D eigenvalue weighted by Gasteiger charge is -2.20. The van der Waals surface area contributed by atoms with Crippen LogP contribution in [0.1, 0.15) is 12.0 Å². The Morgan fingerprint density at radius 1 is 1.06 bits per heavy atom. The van der Waals surface area contributed by atoms with Gasteiger partial charge in [0.15, 0.2) is 5.82 Å². The number of benzene rings is 2. The van der Waals surface area contributed by atoms with E-state index in [9.17, 15) is 8.78 Å². The van der Waals surface area contributed by atoms with E-state index in [2.05, 4.69) is 55.3 Å². The highest BCUT2D eigenvalue weighted by molar-refractivity contribution is 5.71. The molecule has 4 aromatic rings. The number of fused-ring (bicyclic) bond motifs is 5. The van der Waals surface area contributed by atoms with Crippen LogP contribution in [0, 0.1) is 11.7 Å². The molecule has 2 aromatic heterocycles. The van der Waals surface area contributed by atoms with Crippen LogP contribution in [0.15, 0.2) is 61.1 Å². The van der Waals surface area contributed by atoms with Gasteiger partial charge in [0, 0.05) is 43.0 Å². The van der Waals surface area contributed by atoms with E-state index in [0.717, 1.165) is 59.1 Å². The number of hydrogen-bond donors (Lipinski definition) is 1. The van der Waals surface area contributed by atoms with Crippen LogP contribution in [0.4, 0.5) is 14.5 Å². The van der Waals surface area contributed by atoms with Gasteiger partial charge in [0.25, 0.3) is 0 Å². The minimum Gasteiger partial charge on any atom is -0.368 e. The smallest absolute Gasteiger partial charge is 0.179 e. The van der Waals surface area contributed by atoms with Gasteiger partial charge < -0.3 is 14.8 Å². The largest absolute Gasteiger partial charge is 0.368 e. The number of hydrogen-bond acceptors (Lipinski definition) is 4. The third-order valence-electron chi connectivity index (χ3n) is 6.97. The second-order valence-electron chi connectivity index (χ2n) is 9.13. The molecule has 6 nitrogen and oxygen atoms in total. The van der Waals surface area contributed by atoms with E-state index in [1.165, 1.54) is 12.1 Å². The van der Waals surface area contributed by atoms with E-state index >= 15 is 0 Å². The SMILES string of the molecule is CNCC[C@H]1CN(c2ccc3c(c2)Cn2cc(-c4ccc(F)cc4)cc2-c2ncnn2-3)C[C@H]1F. The highest BCUT2D eigenvalue weighted by Crippen LogP contribution is 2.36. The summed E-state index contributed by atoms with van der Waals surface area (Å²) in [6.07, 6.45) is 3.65. The second-order valence-corrected chi connectivity index (χ2v) is 9.13. The van der Waals surface area contributed by atoms with Gasteiger partial charge in [-0.1, -0.05) is 12.1 Å². The summed E-state index contributed by atoms with van der Waals surface area (Å²) in [5, 5.41) is 7.63. The molecule has 4 heterocycles. The predicted molar refractivity (Wildman–Crippen MR) is 128 cm³/mol. The van der Waals surface area contributed by atoms with Crippen molar-refractivity contribution in [3.8, 4) is 28.3 Å². The number of halogens is 2. The lowest BCUT2D eigenvalue weighted by atomic mass is 10.0. The molecule has 6 rings (SSSR count). The number of anilines is 1. The normalized spacial score (nSPS) is 19.0. The Morgan fingerprint density at radius 2 is 1.91 bits per heavy atom. The lowest BCUT2D eigenvalue weighted by Crippen LogP contribution is -2.21. The molecule has 1 saturated heterocycles. The maximum absolute atomic E-state index is 14.7. The molecular formula is C26H26F2N6. The molecule has 0 spiro atoms. The highest BCUT2D eigenvalue weighted by atomic mass is 19.1. The van der Waals surface area contributed by atoms with E-state index in [4.69, 9.17) is 0 Å². The van der Waals surface area contributed by atoms with E-state index in [0.29, 0.717) is 13.1 Å². The van der Waals surface area contributed by atoms with Crippen LogP contribution in [0.2, 0.25) is 0 Å². The number of aromatic nitrogens is 4. The van der Waals surface area contributed by atoms with Crippen molar-refractivity contribution in [1.82, 2.24) is 24.6 Å².